The van der Waals surface area contributed by atoms with Crippen molar-refractivity contribution < 1.29 is 14.7 Å². The zero-order valence-corrected chi connectivity index (χ0v) is 12.2. The summed E-state index contributed by atoms with van der Waals surface area (Å²) in [7, 11) is 0. The molecule has 0 spiro atoms. The Labute approximate surface area is 124 Å². The van der Waals surface area contributed by atoms with Crippen LogP contribution in [0, 0.1) is 11.8 Å². The minimum atomic E-state index is -1.08. The molecule has 0 saturated heterocycles. The molecular formula is C16H22N2O3. The number of nitrogens with two attached hydrogens (primary N) is 1. The second-order valence-corrected chi connectivity index (χ2v) is 5.91. The van der Waals surface area contributed by atoms with E-state index in [0.29, 0.717) is 0 Å². The third kappa shape index (κ3) is 4.86. The predicted molar refractivity (Wildman–Crippen MR) is 80.9 cm³/mol. The van der Waals surface area contributed by atoms with Crippen molar-refractivity contribution in [2.24, 2.45) is 17.6 Å². The highest BCUT2D eigenvalue weighted by Crippen LogP contribution is 2.40. The van der Waals surface area contributed by atoms with E-state index in [2.05, 4.69) is 12.2 Å². The van der Waals surface area contributed by atoms with Gasteiger partial charge in [-0.15, -0.1) is 0 Å². The van der Waals surface area contributed by atoms with Crippen molar-refractivity contribution in [3.05, 3.63) is 29.8 Å². The molecule has 0 heterocycles. The van der Waals surface area contributed by atoms with Crippen LogP contribution >= 0.6 is 0 Å². The molecule has 0 aromatic heterocycles. The molecule has 0 radical (unpaired) electrons. The van der Waals surface area contributed by atoms with Gasteiger partial charge in [0.05, 0.1) is 0 Å². The minimum Gasteiger partial charge on any atom is -0.480 e. The average molecular weight is 290 g/mol. The number of carbonyl (C=O) groups excluding carboxylic acids is 1. The van der Waals surface area contributed by atoms with E-state index in [1.807, 2.05) is 24.3 Å². The van der Waals surface area contributed by atoms with Crippen LogP contribution in [0.15, 0.2) is 24.3 Å². The third-order valence-electron chi connectivity index (χ3n) is 4.01. The molecule has 1 fully saturated rings. The lowest BCUT2D eigenvalue weighted by Crippen LogP contribution is -2.31. The van der Waals surface area contributed by atoms with Gasteiger partial charge in [-0.2, -0.15) is 0 Å². The molecule has 0 aliphatic heterocycles. The summed E-state index contributed by atoms with van der Waals surface area (Å²) < 4.78 is 0. The van der Waals surface area contributed by atoms with Crippen LogP contribution in [0.2, 0.25) is 0 Å². The Kier molecular flexibility index (Phi) is 4.96. The number of anilines is 1. The monoisotopic (exact) mass is 290 g/mol. The molecule has 2 rings (SSSR count). The van der Waals surface area contributed by atoms with Gasteiger partial charge >= 0.3 is 5.97 Å². The number of hydrogen-bond acceptors (Lipinski definition) is 3. The highest BCUT2D eigenvalue weighted by atomic mass is 16.4. The molecule has 5 nitrogen and oxygen atoms in total. The van der Waals surface area contributed by atoms with Crippen LogP contribution in [0.5, 0.6) is 0 Å². The van der Waals surface area contributed by atoms with Crippen LogP contribution in [-0.2, 0) is 16.0 Å². The lowest BCUT2D eigenvalue weighted by molar-refractivity contribution is -0.138. The van der Waals surface area contributed by atoms with E-state index >= 15 is 0 Å². The summed E-state index contributed by atoms with van der Waals surface area (Å²) in [5, 5.41) is 11.4. The Morgan fingerprint density at radius 3 is 2.52 bits per heavy atom. The molecule has 1 aliphatic rings. The van der Waals surface area contributed by atoms with Crippen molar-refractivity contribution in [3.8, 4) is 0 Å². The van der Waals surface area contributed by atoms with Gasteiger partial charge in [-0.1, -0.05) is 19.1 Å². The summed E-state index contributed by atoms with van der Waals surface area (Å²) in [4.78, 5) is 22.3. The number of rotatable bonds is 7. The topological polar surface area (TPSA) is 92.4 Å². The van der Waals surface area contributed by atoms with E-state index in [4.69, 9.17) is 10.8 Å². The maximum atomic E-state index is 11.7. The summed E-state index contributed by atoms with van der Waals surface area (Å²) in [5.74, 6) is 0.350. The number of carboxylic acids is 1. The molecule has 1 amide bonds. The van der Waals surface area contributed by atoms with Crippen LogP contribution in [0.25, 0.3) is 0 Å². The molecule has 3 atom stereocenters. The number of carboxylic acid groups (broad SMARTS) is 1. The van der Waals surface area contributed by atoms with E-state index < -0.39 is 12.0 Å². The van der Waals surface area contributed by atoms with E-state index in [0.717, 1.165) is 23.9 Å². The maximum Gasteiger partial charge on any atom is 0.320 e. The molecule has 21 heavy (non-hydrogen) atoms. The Morgan fingerprint density at radius 1 is 1.38 bits per heavy atom. The summed E-state index contributed by atoms with van der Waals surface area (Å²) in [5.41, 5.74) is 7.38. The van der Waals surface area contributed by atoms with Gasteiger partial charge < -0.3 is 16.2 Å². The second-order valence-electron chi connectivity index (χ2n) is 5.91. The molecule has 1 aliphatic carbocycles. The smallest absolute Gasteiger partial charge is 0.320 e. The fourth-order valence-electron chi connectivity index (χ4n) is 2.34. The Bertz CT molecular complexity index is 513. The van der Waals surface area contributed by atoms with Gasteiger partial charge in [0, 0.05) is 12.1 Å². The van der Waals surface area contributed by atoms with Crippen molar-refractivity contribution >= 4 is 17.6 Å². The summed E-state index contributed by atoms with van der Waals surface area (Å²) in [6.07, 6.45) is 2.65. The molecule has 1 aromatic carbocycles. The van der Waals surface area contributed by atoms with Crippen LogP contribution in [0.4, 0.5) is 5.69 Å². The first kappa shape index (κ1) is 15.5. The Balaban J connectivity index is 1.77. The van der Waals surface area contributed by atoms with Gasteiger partial charge in [0.2, 0.25) is 5.91 Å². The first-order valence-electron chi connectivity index (χ1n) is 7.33. The van der Waals surface area contributed by atoms with Crippen molar-refractivity contribution in [1.82, 2.24) is 0 Å². The second kappa shape index (κ2) is 6.72. The van der Waals surface area contributed by atoms with Crippen LogP contribution in [0.1, 0.15) is 31.7 Å². The van der Waals surface area contributed by atoms with Crippen molar-refractivity contribution in [2.75, 3.05) is 5.32 Å². The molecule has 2 unspecified atom stereocenters. The molecule has 0 bridgehead atoms. The molecule has 114 valence electrons. The number of aliphatic carboxylic acids is 1. The van der Waals surface area contributed by atoms with Gasteiger partial charge in [-0.05, 0) is 48.8 Å². The van der Waals surface area contributed by atoms with Crippen molar-refractivity contribution in [2.45, 2.75) is 38.6 Å². The lowest BCUT2D eigenvalue weighted by Gasteiger charge is -2.08. The van der Waals surface area contributed by atoms with Crippen LogP contribution in [-0.4, -0.2) is 23.0 Å². The largest absolute Gasteiger partial charge is 0.480 e. The number of benzene rings is 1. The molecule has 1 aromatic rings. The van der Waals surface area contributed by atoms with Gasteiger partial charge in [-0.3, -0.25) is 9.59 Å². The first-order valence-corrected chi connectivity index (χ1v) is 7.33. The SMILES string of the molecule is CC1C[C@H]1Cc1ccc(NC(=O)CCC(N)C(=O)O)cc1. The summed E-state index contributed by atoms with van der Waals surface area (Å²) in [6, 6.07) is 6.85. The highest BCUT2D eigenvalue weighted by molar-refractivity contribution is 5.91. The maximum absolute atomic E-state index is 11.7. The third-order valence-corrected chi connectivity index (χ3v) is 4.01. The van der Waals surface area contributed by atoms with Crippen molar-refractivity contribution in [1.29, 1.82) is 0 Å². The normalized spacial score (nSPS) is 21.6. The lowest BCUT2D eigenvalue weighted by atomic mass is 10.1. The highest BCUT2D eigenvalue weighted by Gasteiger charge is 2.31. The van der Waals surface area contributed by atoms with E-state index in [-0.39, 0.29) is 18.7 Å². The Morgan fingerprint density at radius 2 is 2.00 bits per heavy atom. The predicted octanol–water partition coefficient (Wildman–Crippen LogP) is 2.02. The van der Waals surface area contributed by atoms with Crippen LogP contribution < -0.4 is 11.1 Å². The fourth-order valence-corrected chi connectivity index (χ4v) is 2.34. The van der Waals surface area contributed by atoms with E-state index in [1.165, 1.54) is 12.0 Å². The quantitative estimate of drug-likeness (QED) is 0.716. The van der Waals surface area contributed by atoms with Gasteiger partial charge in [-0.25, -0.2) is 0 Å². The minimum absolute atomic E-state index is 0.106. The zero-order chi connectivity index (χ0) is 15.4. The van der Waals surface area contributed by atoms with E-state index in [1.54, 1.807) is 0 Å². The Hall–Kier alpha value is -1.88. The van der Waals surface area contributed by atoms with Gasteiger partial charge in [0.1, 0.15) is 6.04 Å². The number of nitrogens with one attached hydrogen (secondary N) is 1. The summed E-state index contributed by atoms with van der Waals surface area (Å²) >= 11 is 0. The van der Waals surface area contributed by atoms with Gasteiger partial charge in [0.15, 0.2) is 0 Å². The number of amides is 1. The molecular weight excluding hydrogens is 268 g/mol. The zero-order valence-electron chi connectivity index (χ0n) is 12.2. The van der Waals surface area contributed by atoms with E-state index in [9.17, 15) is 9.59 Å². The molecule has 5 heteroatoms. The first-order chi connectivity index (χ1) is 9.95. The average Bonchev–Trinajstić information content (AvgIpc) is 3.13. The number of hydrogen-bond donors (Lipinski definition) is 3. The fraction of sp³-hybridized carbons (Fsp3) is 0.500. The summed E-state index contributed by atoms with van der Waals surface area (Å²) in [6.45, 7) is 2.26. The van der Waals surface area contributed by atoms with Crippen molar-refractivity contribution in [3.63, 3.8) is 0 Å². The van der Waals surface area contributed by atoms with Gasteiger partial charge in [0.25, 0.3) is 0 Å². The standard InChI is InChI=1S/C16H22N2O3/c1-10-8-12(10)9-11-2-4-13(5-3-11)18-15(19)7-6-14(17)16(20)21/h2-5,10,12,14H,6-9,17H2,1H3,(H,18,19)(H,20,21)/t10?,12-,14?/m0/s1. The number of carbonyl (C=O) groups is 2. The van der Waals surface area contributed by atoms with Crippen LogP contribution in [0.3, 0.4) is 0 Å². The molecule has 1 saturated carbocycles. The molecule has 4 N–H and O–H groups in total.